The third-order valence-corrected chi connectivity index (χ3v) is 10.8. The number of likely N-dealkylation sites (tertiary alicyclic amines) is 2. The average Bonchev–Trinajstić information content (AvgIpc) is 3.00. The summed E-state index contributed by atoms with van der Waals surface area (Å²) in [6.07, 6.45) is 17.0. The third-order valence-electron chi connectivity index (χ3n) is 10.8. The standard InChI is InChI=1S/C20H37NO3.C17H31NO3/c1-16(2)23-15-20(17-9-7-6-8-10-17)11-13-21(14-12-20)18(22)24-19(3,4)5;1-16(2,3)21-15(20)18-11-9-17(13-19,10-12-18)14-7-5-4-6-8-14/h16-17H,6-15H2,1-5H3;14,19H,4-13H2,1-3H3. The summed E-state index contributed by atoms with van der Waals surface area (Å²) >= 11 is 0. The number of hydrogen-bond acceptors (Lipinski definition) is 6. The molecular weight excluding hydrogens is 568 g/mol. The molecule has 4 aliphatic rings. The van der Waals surface area contributed by atoms with Gasteiger partial charge in [0.2, 0.25) is 0 Å². The number of aliphatic hydroxyl groups is 1. The van der Waals surface area contributed by atoms with Crippen molar-refractivity contribution < 1.29 is 28.9 Å². The van der Waals surface area contributed by atoms with Gasteiger partial charge in [-0.2, -0.15) is 0 Å². The molecule has 2 amide bonds. The predicted molar refractivity (Wildman–Crippen MR) is 180 cm³/mol. The number of carbonyl (C=O) groups is 2. The quantitative estimate of drug-likeness (QED) is 0.314. The summed E-state index contributed by atoms with van der Waals surface area (Å²) in [7, 11) is 0. The molecule has 0 aromatic heterocycles. The summed E-state index contributed by atoms with van der Waals surface area (Å²) in [4.78, 5) is 28.2. The highest BCUT2D eigenvalue weighted by Gasteiger charge is 2.44. The molecule has 0 spiro atoms. The number of piperidine rings is 2. The molecule has 2 saturated carbocycles. The maximum Gasteiger partial charge on any atom is 0.410 e. The van der Waals surface area contributed by atoms with Crippen molar-refractivity contribution in [3.8, 4) is 0 Å². The molecule has 45 heavy (non-hydrogen) atoms. The Hall–Kier alpha value is -1.54. The number of ether oxygens (including phenoxy) is 3. The van der Waals surface area contributed by atoms with Gasteiger partial charge >= 0.3 is 12.2 Å². The second-order valence-corrected chi connectivity index (χ2v) is 16.8. The van der Waals surface area contributed by atoms with Crippen molar-refractivity contribution in [2.45, 2.75) is 163 Å². The minimum atomic E-state index is -0.439. The molecule has 2 aliphatic carbocycles. The molecule has 4 fully saturated rings. The van der Waals surface area contributed by atoms with Crippen LogP contribution in [0.2, 0.25) is 0 Å². The van der Waals surface area contributed by atoms with Crippen LogP contribution < -0.4 is 0 Å². The van der Waals surface area contributed by atoms with Crippen molar-refractivity contribution in [3.05, 3.63) is 0 Å². The summed E-state index contributed by atoms with van der Waals surface area (Å²) in [5.41, 5.74) is -0.566. The molecule has 0 bridgehead atoms. The Morgan fingerprint density at radius 3 is 1.36 bits per heavy atom. The molecule has 0 aromatic carbocycles. The van der Waals surface area contributed by atoms with Gasteiger partial charge in [0, 0.05) is 32.8 Å². The summed E-state index contributed by atoms with van der Waals surface area (Å²) in [5.74, 6) is 1.39. The zero-order valence-corrected chi connectivity index (χ0v) is 30.3. The lowest BCUT2D eigenvalue weighted by molar-refractivity contribution is -0.0666. The van der Waals surface area contributed by atoms with Crippen molar-refractivity contribution in [1.82, 2.24) is 9.80 Å². The zero-order valence-electron chi connectivity index (χ0n) is 30.3. The molecule has 0 atom stereocenters. The Bertz CT molecular complexity index is 895. The van der Waals surface area contributed by atoms with Crippen molar-refractivity contribution in [2.24, 2.45) is 22.7 Å². The van der Waals surface area contributed by atoms with Crippen LogP contribution in [0.3, 0.4) is 0 Å². The average molecular weight is 637 g/mol. The molecule has 0 radical (unpaired) electrons. The first kappa shape index (κ1) is 37.9. The van der Waals surface area contributed by atoms with E-state index in [2.05, 4.69) is 13.8 Å². The van der Waals surface area contributed by atoms with Gasteiger partial charge in [0.05, 0.1) is 12.7 Å². The molecule has 4 rings (SSSR count). The Morgan fingerprint density at radius 1 is 0.667 bits per heavy atom. The zero-order chi connectivity index (χ0) is 33.3. The predicted octanol–water partition coefficient (Wildman–Crippen LogP) is 8.59. The molecule has 0 unspecified atom stereocenters. The highest BCUT2D eigenvalue weighted by molar-refractivity contribution is 5.68. The van der Waals surface area contributed by atoms with Crippen LogP contribution in [0.25, 0.3) is 0 Å². The number of hydrogen-bond donors (Lipinski definition) is 1. The number of carbonyl (C=O) groups excluding carboxylic acids is 2. The van der Waals surface area contributed by atoms with E-state index < -0.39 is 11.2 Å². The Labute approximate surface area is 275 Å². The molecule has 8 heteroatoms. The lowest BCUT2D eigenvalue weighted by Gasteiger charge is -2.48. The first-order valence-corrected chi connectivity index (χ1v) is 18.3. The third kappa shape index (κ3) is 11.6. The fourth-order valence-electron chi connectivity index (χ4n) is 8.05. The maximum atomic E-state index is 12.3. The number of rotatable bonds is 6. The second kappa shape index (κ2) is 16.5. The van der Waals surface area contributed by atoms with Crippen LogP contribution >= 0.6 is 0 Å². The van der Waals surface area contributed by atoms with Crippen LogP contribution in [0.5, 0.6) is 0 Å². The van der Waals surface area contributed by atoms with Crippen molar-refractivity contribution in [1.29, 1.82) is 0 Å². The summed E-state index contributed by atoms with van der Waals surface area (Å²) in [5, 5.41) is 9.97. The van der Waals surface area contributed by atoms with Gasteiger partial charge in [-0.05, 0) is 129 Å². The van der Waals surface area contributed by atoms with E-state index in [0.717, 1.165) is 51.3 Å². The Morgan fingerprint density at radius 2 is 1.02 bits per heavy atom. The lowest BCUT2D eigenvalue weighted by Crippen LogP contribution is -2.50. The second-order valence-electron chi connectivity index (χ2n) is 16.8. The summed E-state index contributed by atoms with van der Waals surface area (Å²) in [6, 6.07) is 0. The first-order chi connectivity index (χ1) is 21.1. The van der Waals surface area contributed by atoms with Crippen LogP contribution in [-0.2, 0) is 14.2 Å². The van der Waals surface area contributed by atoms with Crippen LogP contribution in [-0.4, -0.2) is 83.8 Å². The largest absolute Gasteiger partial charge is 0.444 e. The Kier molecular flexibility index (Phi) is 13.9. The summed E-state index contributed by atoms with van der Waals surface area (Å²) in [6.45, 7) is 19.8. The van der Waals surface area contributed by atoms with E-state index >= 15 is 0 Å². The first-order valence-electron chi connectivity index (χ1n) is 18.3. The van der Waals surface area contributed by atoms with Gasteiger partial charge in [0.25, 0.3) is 0 Å². The van der Waals surface area contributed by atoms with Gasteiger partial charge in [-0.15, -0.1) is 0 Å². The van der Waals surface area contributed by atoms with E-state index in [4.69, 9.17) is 14.2 Å². The van der Waals surface area contributed by atoms with Crippen molar-refractivity contribution in [2.75, 3.05) is 39.4 Å². The molecule has 262 valence electrons. The van der Waals surface area contributed by atoms with Crippen LogP contribution in [0.1, 0.15) is 145 Å². The minimum absolute atomic E-state index is 0.0406. The summed E-state index contributed by atoms with van der Waals surface area (Å²) < 4.78 is 17.1. The molecular formula is C37H68N2O6. The van der Waals surface area contributed by atoms with Crippen LogP contribution in [0.4, 0.5) is 9.59 Å². The fraction of sp³-hybridized carbons (Fsp3) is 0.946. The van der Waals surface area contributed by atoms with Gasteiger partial charge in [-0.3, -0.25) is 0 Å². The van der Waals surface area contributed by atoms with E-state index in [1.807, 2.05) is 51.3 Å². The number of nitrogens with zero attached hydrogens (tertiary/aromatic N) is 2. The normalized spacial score (nSPS) is 23.2. The van der Waals surface area contributed by atoms with E-state index in [1.165, 1.54) is 64.2 Å². The molecule has 1 N–H and O–H groups in total. The Balaban J connectivity index is 0.000000248. The molecule has 2 heterocycles. The molecule has 8 nitrogen and oxygen atoms in total. The topological polar surface area (TPSA) is 88.5 Å². The van der Waals surface area contributed by atoms with Crippen molar-refractivity contribution in [3.63, 3.8) is 0 Å². The number of aliphatic hydroxyl groups excluding tert-OH is 1. The van der Waals surface area contributed by atoms with Crippen molar-refractivity contribution >= 4 is 12.2 Å². The minimum Gasteiger partial charge on any atom is -0.444 e. The van der Waals surface area contributed by atoms with E-state index in [1.54, 1.807) is 0 Å². The maximum absolute atomic E-state index is 12.3. The van der Waals surface area contributed by atoms with Crippen LogP contribution in [0, 0.1) is 22.7 Å². The fourth-order valence-corrected chi connectivity index (χ4v) is 8.05. The van der Waals surface area contributed by atoms with Gasteiger partial charge in [0.15, 0.2) is 0 Å². The lowest BCUT2D eigenvalue weighted by atomic mass is 9.64. The smallest absolute Gasteiger partial charge is 0.410 e. The van der Waals surface area contributed by atoms with Gasteiger partial charge in [-0.1, -0.05) is 38.5 Å². The molecule has 0 aromatic rings. The monoisotopic (exact) mass is 637 g/mol. The highest BCUT2D eigenvalue weighted by Crippen LogP contribution is 2.47. The van der Waals surface area contributed by atoms with E-state index in [-0.39, 0.29) is 35.7 Å². The molecule has 2 saturated heterocycles. The highest BCUT2D eigenvalue weighted by atomic mass is 16.6. The van der Waals surface area contributed by atoms with Gasteiger partial charge in [0.1, 0.15) is 11.2 Å². The van der Waals surface area contributed by atoms with E-state index in [0.29, 0.717) is 19.0 Å². The molecule has 2 aliphatic heterocycles. The van der Waals surface area contributed by atoms with Gasteiger partial charge < -0.3 is 29.1 Å². The van der Waals surface area contributed by atoms with Crippen LogP contribution in [0.15, 0.2) is 0 Å². The van der Waals surface area contributed by atoms with E-state index in [9.17, 15) is 14.7 Å². The SMILES string of the molecule is CC(C)(C)OC(=O)N1CCC(CO)(C2CCCCC2)CC1.CC(C)OCC1(C2CCCCC2)CCN(C(=O)OC(C)(C)C)CC1. The number of amides is 2. The van der Waals surface area contributed by atoms with Gasteiger partial charge in [-0.25, -0.2) is 9.59 Å².